The molecule has 1 N–H and O–H groups in total. The van der Waals surface area contributed by atoms with Crippen LogP contribution >= 0.6 is 11.8 Å². The molecular formula is C22H24N2O4S. The summed E-state index contributed by atoms with van der Waals surface area (Å²) in [6.45, 7) is -0.345. The zero-order chi connectivity index (χ0) is 20.8. The number of nitrogens with one attached hydrogen (secondary N) is 1. The van der Waals surface area contributed by atoms with Crippen LogP contribution in [0.4, 0.5) is 5.69 Å². The fourth-order valence-corrected chi connectivity index (χ4v) is 3.88. The number of hydrogen-bond donors (Lipinski definition) is 1. The number of esters is 1. The Bertz CT molecular complexity index is 910. The molecule has 0 aromatic heterocycles. The lowest BCUT2D eigenvalue weighted by atomic mass is 10.1. The van der Waals surface area contributed by atoms with Gasteiger partial charge in [-0.25, -0.2) is 0 Å². The third-order valence-corrected chi connectivity index (χ3v) is 5.58. The van der Waals surface area contributed by atoms with Crippen molar-refractivity contribution in [3.63, 3.8) is 0 Å². The molecule has 6 nitrogen and oxygen atoms in total. The highest BCUT2D eigenvalue weighted by Gasteiger charge is 2.13. The molecule has 0 radical (unpaired) electrons. The van der Waals surface area contributed by atoms with E-state index >= 15 is 0 Å². The third kappa shape index (κ3) is 5.84. The van der Waals surface area contributed by atoms with Gasteiger partial charge >= 0.3 is 5.97 Å². The van der Waals surface area contributed by atoms with Gasteiger partial charge in [-0.15, -0.1) is 11.8 Å². The van der Waals surface area contributed by atoms with Crippen molar-refractivity contribution in [1.29, 1.82) is 0 Å². The Morgan fingerprint density at radius 1 is 1.03 bits per heavy atom. The monoisotopic (exact) mass is 412 g/mol. The number of amides is 2. The Morgan fingerprint density at radius 3 is 2.48 bits per heavy atom. The minimum atomic E-state index is -0.433. The first-order valence-corrected chi connectivity index (χ1v) is 10.4. The van der Waals surface area contributed by atoms with Crippen LogP contribution in [-0.4, -0.2) is 49.1 Å². The van der Waals surface area contributed by atoms with Crippen LogP contribution in [0.1, 0.15) is 27.9 Å². The van der Waals surface area contributed by atoms with Crippen LogP contribution in [-0.2, 0) is 27.2 Å². The third-order valence-electron chi connectivity index (χ3n) is 4.61. The Kier molecular flexibility index (Phi) is 6.93. The van der Waals surface area contributed by atoms with E-state index in [1.807, 2.05) is 6.07 Å². The lowest BCUT2D eigenvalue weighted by molar-refractivity contribution is -0.144. The zero-order valence-electron chi connectivity index (χ0n) is 16.6. The Morgan fingerprint density at radius 2 is 1.76 bits per heavy atom. The molecule has 1 aliphatic rings. The van der Waals surface area contributed by atoms with Gasteiger partial charge in [-0.1, -0.05) is 6.07 Å². The molecule has 2 amide bonds. The van der Waals surface area contributed by atoms with E-state index in [1.54, 1.807) is 38.4 Å². The van der Waals surface area contributed by atoms with Gasteiger partial charge in [0.15, 0.2) is 6.61 Å². The van der Waals surface area contributed by atoms with Crippen LogP contribution in [0.15, 0.2) is 47.4 Å². The summed E-state index contributed by atoms with van der Waals surface area (Å²) in [4.78, 5) is 38.3. The van der Waals surface area contributed by atoms with Crippen LogP contribution < -0.4 is 5.32 Å². The van der Waals surface area contributed by atoms with Gasteiger partial charge in [0.05, 0.1) is 5.75 Å². The number of nitrogens with zero attached hydrogens (tertiary/aromatic N) is 1. The van der Waals surface area contributed by atoms with Crippen molar-refractivity contribution in [2.45, 2.75) is 24.2 Å². The van der Waals surface area contributed by atoms with Crippen molar-refractivity contribution in [3.05, 3.63) is 59.2 Å². The van der Waals surface area contributed by atoms with Gasteiger partial charge < -0.3 is 15.0 Å². The van der Waals surface area contributed by atoms with E-state index in [4.69, 9.17) is 4.74 Å². The van der Waals surface area contributed by atoms with E-state index in [-0.39, 0.29) is 18.3 Å². The number of hydrogen-bond acceptors (Lipinski definition) is 5. The normalized spacial score (nSPS) is 12.2. The number of ether oxygens (including phenoxy) is 1. The minimum Gasteiger partial charge on any atom is -0.455 e. The number of carbonyl (C=O) groups excluding carboxylic acids is 3. The fourth-order valence-electron chi connectivity index (χ4n) is 3.12. The minimum absolute atomic E-state index is 0.113. The molecule has 0 spiro atoms. The highest BCUT2D eigenvalue weighted by Crippen LogP contribution is 2.27. The summed E-state index contributed by atoms with van der Waals surface area (Å²) in [5, 5.41) is 2.65. The SMILES string of the molecule is CN(C)C(=O)c1ccc(NC(=O)COC(=O)CSc2ccc3c(c2)CCC3)cc1. The van der Waals surface area contributed by atoms with Gasteiger partial charge in [-0.05, 0) is 66.8 Å². The summed E-state index contributed by atoms with van der Waals surface area (Å²) in [7, 11) is 3.35. The van der Waals surface area contributed by atoms with Crippen LogP contribution in [0.2, 0.25) is 0 Å². The molecule has 0 saturated carbocycles. The molecule has 1 aliphatic carbocycles. The maximum absolute atomic E-state index is 12.0. The fraction of sp³-hybridized carbons (Fsp3) is 0.318. The molecule has 152 valence electrons. The maximum Gasteiger partial charge on any atom is 0.316 e. The van der Waals surface area contributed by atoms with Crippen molar-refractivity contribution in [2.24, 2.45) is 0 Å². The van der Waals surface area contributed by atoms with Crippen molar-refractivity contribution < 1.29 is 19.1 Å². The number of benzene rings is 2. The zero-order valence-corrected chi connectivity index (χ0v) is 17.4. The molecule has 7 heteroatoms. The first-order valence-electron chi connectivity index (χ1n) is 9.44. The number of rotatable bonds is 7. The van der Waals surface area contributed by atoms with E-state index in [0.29, 0.717) is 11.3 Å². The first kappa shape index (κ1) is 20.9. The number of anilines is 1. The summed E-state index contributed by atoms with van der Waals surface area (Å²) >= 11 is 1.41. The van der Waals surface area contributed by atoms with Gasteiger partial charge in [-0.3, -0.25) is 14.4 Å². The topological polar surface area (TPSA) is 75.7 Å². The number of aryl methyl sites for hydroxylation is 2. The summed E-state index contributed by atoms with van der Waals surface area (Å²) in [6.07, 6.45) is 3.42. The van der Waals surface area contributed by atoms with E-state index in [2.05, 4.69) is 17.4 Å². The lowest BCUT2D eigenvalue weighted by Crippen LogP contribution is -2.22. The standard InChI is InChI=1S/C22H24N2O4S/c1-24(2)22(27)16-6-9-18(10-7-16)23-20(25)13-28-21(26)14-29-19-11-8-15-4-3-5-17(15)12-19/h6-12H,3-5,13-14H2,1-2H3,(H,23,25). The van der Waals surface area contributed by atoms with Crippen molar-refractivity contribution in [3.8, 4) is 0 Å². The van der Waals surface area contributed by atoms with Gasteiger partial charge in [-0.2, -0.15) is 0 Å². The summed E-state index contributed by atoms with van der Waals surface area (Å²) in [5.74, 6) is -0.809. The van der Waals surface area contributed by atoms with Crippen LogP contribution in [0.3, 0.4) is 0 Å². The Balaban J connectivity index is 1.41. The van der Waals surface area contributed by atoms with Crippen LogP contribution in [0, 0.1) is 0 Å². The van der Waals surface area contributed by atoms with Gasteiger partial charge in [0.25, 0.3) is 11.8 Å². The Labute approximate surface area is 174 Å². The molecule has 3 rings (SSSR count). The van der Waals surface area contributed by atoms with E-state index in [0.717, 1.165) is 17.7 Å². The largest absolute Gasteiger partial charge is 0.455 e. The summed E-state index contributed by atoms with van der Waals surface area (Å²) in [6, 6.07) is 12.8. The van der Waals surface area contributed by atoms with Gasteiger partial charge in [0.2, 0.25) is 0 Å². The van der Waals surface area contributed by atoms with E-state index < -0.39 is 11.9 Å². The van der Waals surface area contributed by atoms with Crippen LogP contribution in [0.5, 0.6) is 0 Å². The Hall–Kier alpha value is -2.80. The summed E-state index contributed by atoms with van der Waals surface area (Å²) in [5.41, 5.74) is 3.82. The van der Waals surface area contributed by atoms with E-state index in [1.165, 1.54) is 34.2 Å². The molecule has 0 aliphatic heterocycles. The van der Waals surface area contributed by atoms with Gasteiger partial charge in [0, 0.05) is 30.2 Å². The highest BCUT2D eigenvalue weighted by molar-refractivity contribution is 8.00. The second kappa shape index (κ2) is 9.60. The van der Waals surface area contributed by atoms with E-state index in [9.17, 15) is 14.4 Å². The molecule has 29 heavy (non-hydrogen) atoms. The predicted molar refractivity (Wildman–Crippen MR) is 113 cm³/mol. The molecule has 0 heterocycles. The lowest BCUT2D eigenvalue weighted by Gasteiger charge is -2.11. The average molecular weight is 413 g/mol. The molecule has 0 fully saturated rings. The van der Waals surface area contributed by atoms with Gasteiger partial charge in [0.1, 0.15) is 0 Å². The van der Waals surface area contributed by atoms with Crippen LogP contribution in [0.25, 0.3) is 0 Å². The molecular weight excluding hydrogens is 388 g/mol. The quantitative estimate of drug-likeness (QED) is 0.559. The first-order chi connectivity index (χ1) is 13.9. The molecule has 0 atom stereocenters. The number of carbonyl (C=O) groups is 3. The predicted octanol–water partition coefficient (Wildman–Crippen LogP) is 3.15. The molecule has 0 bridgehead atoms. The summed E-state index contributed by atoms with van der Waals surface area (Å²) < 4.78 is 5.05. The second-order valence-electron chi connectivity index (χ2n) is 7.06. The molecule has 0 saturated heterocycles. The van der Waals surface area contributed by atoms with Crippen molar-refractivity contribution in [1.82, 2.24) is 4.90 Å². The second-order valence-corrected chi connectivity index (χ2v) is 8.11. The maximum atomic E-state index is 12.0. The average Bonchev–Trinajstić information content (AvgIpc) is 3.18. The number of thioether (sulfide) groups is 1. The van der Waals surface area contributed by atoms with Crippen molar-refractivity contribution in [2.75, 3.05) is 31.8 Å². The smallest absolute Gasteiger partial charge is 0.316 e. The number of fused-ring (bicyclic) bond motifs is 1. The highest BCUT2D eigenvalue weighted by atomic mass is 32.2. The van der Waals surface area contributed by atoms with Crippen molar-refractivity contribution >= 4 is 35.2 Å². The molecule has 0 unspecified atom stereocenters. The molecule has 2 aromatic carbocycles. The molecule has 2 aromatic rings.